The van der Waals surface area contributed by atoms with Gasteiger partial charge >= 0.3 is 12.1 Å². The molecule has 0 spiro atoms. The summed E-state index contributed by atoms with van der Waals surface area (Å²) in [4.78, 5) is 14.7. The minimum atomic E-state index is -3.50. The summed E-state index contributed by atoms with van der Waals surface area (Å²) in [5.41, 5.74) is 2.77. The molecule has 5 heteroatoms. The van der Waals surface area contributed by atoms with Crippen molar-refractivity contribution in [1.82, 2.24) is 0 Å². The maximum absolute atomic E-state index is 13.2. The molecule has 4 aromatic rings. The molecule has 4 rings (SSSR count). The molecule has 0 aliphatic heterocycles. The van der Waals surface area contributed by atoms with Crippen LogP contribution in [0.3, 0.4) is 0 Å². The lowest BCUT2D eigenvalue weighted by molar-refractivity contribution is -0.185. The molecule has 0 N–H and O–H groups in total. The predicted molar refractivity (Wildman–Crippen MR) is 120 cm³/mol. The molecule has 0 fully saturated rings. The van der Waals surface area contributed by atoms with Gasteiger partial charge in [0.25, 0.3) is 0 Å². The average molecular weight is 426 g/mol. The van der Waals surface area contributed by atoms with Crippen molar-refractivity contribution in [2.24, 2.45) is 0 Å². The molecular weight excluding hydrogens is 402 g/mol. The lowest BCUT2D eigenvalue weighted by Crippen LogP contribution is -2.22. The van der Waals surface area contributed by atoms with E-state index in [4.69, 9.17) is 0 Å². The fourth-order valence-corrected chi connectivity index (χ4v) is 6.79. The fourth-order valence-electron chi connectivity index (χ4n) is 4.18. The van der Waals surface area contributed by atoms with E-state index in [1.807, 2.05) is 18.2 Å². The Hall–Kier alpha value is -2.79. The van der Waals surface area contributed by atoms with E-state index >= 15 is 0 Å². The van der Waals surface area contributed by atoms with Gasteiger partial charge in [-0.3, -0.25) is 0 Å². The summed E-state index contributed by atoms with van der Waals surface area (Å²) in [7, 11) is -0.278. The van der Waals surface area contributed by atoms with Crippen LogP contribution in [0.1, 0.15) is 38.8 Å². The number of carbonyl (C=O) groups is 1. The number of carbonyl (C=O) groups excluding carboxylic acids is 1. The van der Waals surface area contributed by atoms with Crippen LogP contribution in [0, 0.1) is 27.7 Å². The van der Waals surface area contributed by atoms with E-state index in [-0.39, 0.29) is 16.0 Å². The van der Waals surface area contributed by atoms with Crippen molar-refractivity contribution < 1.29 is 18.3 Å². The first-order valence-corrected chi connectivity index (χ1v) is 11.0. The van der Waals surface area contributed by atoms with Crippen LogP contribution >= 0.6 is 10.5 Å². The van der Waals surface area contributed by atoms with Crippen molar-refractivity contribution in [3.63, 3.8) is 0 Å². The van der Waals surface area contributed by atoms with E-state index in [1.54, 1.807) is 13.8 Å². The van der Waals surface area contributed by atoms with Crippen LogP contribution in [0.25, 0.3) is 25.8 Å². The summed E-state index contributed by atoms with van der Waals surface area (Å²) in [5.74, 6) is -0.992. The van der Waals surface area contributed by atoms with E-state index in [2.05, 4.69) is 48.9 Å². The molecule has 0 aliphatic rings. The van der Waals surface area contributed by atoms with E-state index in [9.17, 15) is 13.6 Å². The molecule has 1 unspecified atom stereocenters. The van der Waals surface area contributed by atoms with Gasteiger partial charge in [-0.25, -0.2) is 4.79 Å². The molecule has 30 heavy (non-hydrogen) atoms. The summed E-state index contributed by atoms with van der Waals surface area (Å²) in [6.07, 6.45) is -3.50. The van der Waals surface area contributed by atoms with Gasteiger partial charge in [0.1, 0.15) is 0 Å². The van der Waals surface area contributed by atoms with Gasteiger partial charge in [-0.1, -0.05) is 24.3 Å². The first-order valence-electron chi connectivity index (χ1n) is 9.75. The number of thiophene rings is 1. The van der Waals surface area contributed by atoms with Crippen molar-refractivity contribution in [3.05, 3.63) is 75.7 Å². The molecular formula is C25H23F2O2S+. The third-order valence-corrected chi connectivity index (χ3v) is 7.94. The molecule has 3 aromatic carbocycles. The maximum atomic E-state index is 13.2. The Morgan fingerprint density at radius 3 is 2.23 bits per heavy atom. The van der Waals surface area contributed by atoms with Crippen LogP contribution in [0.15, 0.2) is 48.5 Å². The average Bonchev–Trinajstić information content (AvgIpc) is 2.90. The Bertz CT molecular complexity index is 1290. The van der Waals surface area contributed by atoms with Crippen LogP contribution in [0.2, 0.25) is 0 Å². The SMILES string of the molecule is Cc1cc(-[s+]2c(C)c(C)c3c4ccccc4ccc32)cc(C)c1C(=O)OC(C)(F)F. The van der Waals surface area contributed by atoms with E-state index in [0.29, 0.717) is 18.1 Å². The Kier molecular flexibility index (Phi) is 4.89. The topological polar surface area (TPSA) is 26.3 Å². The quantitative estimate of drug-likeness (QED) is 0.248. The molecule has 154 valence electrons. The van der Waals surface area contributed by atoms with Crippen LogP contribution in [0.4, 0.5) is 8.78 Å². The zero-order valence-electron chi connectivity index (χ0n) is 17.6. The molecule has 0 amide bonds. The zero-order valence-corrected chi connectivity index (χ0v) is 18.4. The van der Waals surface area contributed by atoms with Gasteiger partial charge in [0.15, 0.2) is 14.5 Å². The second-order valence-electron chi connectivity index (χ2n) is 7.78. The molecule has 0 bridgehead atoms. The molecule has 1 atom stereocenters. The van der Waals surface area contributed by atoms with Gasteiger partial charge in [0.05, 0.1) is 10.9 Å². The minimum absolute atomic E-state index is 0.208. The fraction of sp³-hybridized carbons (Fsp3) is 0.240. The summed E-state index contributed by atoms with van der Waals surface area (Å²) in [6, 6.07) is 16.6. The number of halogens is 2. The molecule has 2 nitrogen and oxygen atoms in total. The number of rotatable bonds is 3. The van der Waals surface area contributed by atoms with Crippen molar-refractivity contribution in [2.75, 3.05) is 0 Å². The standard InChI is InChI=1S/C25H23F2O2S/c1-14-12-19(13-15(2)22(14)24(28)29-25(5,26)27)30-17(4)16(3)23-20-9-7-6-8-18(20)10-11-21(23)30/h6-13H,1-5H3/q+1. The summed E-state index contributed by atoms with van der Waals surface area (Å²) in [5, 5.41) is 3.72. The number of esters is 1. The molecule has 0 radical (unpaired) electrons. The lowest BCUT2D eigenvalue weighted by Gasteiger charge is -2.14. The summed E-state index contributed by atoms with van der Waals surface area (Å²) >= 11 is 0. The smallest absolute Gasteiger partial charge is 0.397 e. The monoisotopic (exact) mass is 425 g/mol. The number of hydrogen-bond acceptors (Lipinski definition) is 2. The van der Waals surface area contributed by atoms with Gasteiger partial charge in [-0.15, -0.1) is 0 Å². The minimum Gasteiger partial charge on any atom is -0.397 e. The van der Waals surface area contributed by atoms with Gasteiger partial charge < -0.3 is 4.74 Å². The van der Waals surface area contributed by atoms with Gasteiger partial charge in [0.2, 0.25) is 0 Å². The lowest BCUT2D eigenvalue weighted by atomic mass is 10.0. The van der Waals surface area contributed by atoms with Crippen molar-refractivity contribution in [1.29, 1.82) is 0 Å². The number of benzene rings is 3. The number of hydrogen-bond donors (Lipinski definition) is 0. The largest absolute Gasteiger partial charge is 0.397 e. The van der Waals surface area contributed by atoms with Crippen LogP contribution < -0.4 is 0 Å². The van der Waals surface area contributed by atoms with E-state index in [1.165, 1.54) is 31.3 Å². The molecule has 1 aromatic heterocycles. The third kappa shape index (κ3) is 3.37. The molecule has 0 saturated heterocycles. The summed E-state index contributed by atoms with van der Waals surface area (Å²) < 4.78 is 31.9. The Morgan fingerprint density at radius 2 is 1.60 bits per heavy atom. The zero-order chi connectivity index (χ0) is 21.8. The number of ether oxygens (including phenoxy) is 1. The van der Waals surface area contributed by atoms with Gasteiger partial charge in [-0.2, -0.15) is 8.78 Å². The second kappa shape index (κ2) is 7.17. The first kappa shape index (κ1) is 20.5. The van der Waals surface area contributed by atoms with Gasteiger partial charge in [0, 0.05) is 42.0 Å². The van der Waals surface area contributed by atoms with Crippen LogP contribution in [-0.2, 0) is 4.74 Å². The Morgan fingerprint density at radius 1 is 0.967 bits per heavy atom. The van der Waals surface area contributed by atoms with Crippen LogP contribution in [-0.4, -0.2) is 12.1 Å². The normalized spacial score (nSPS) is 12.6. The second-order valence-corrected chi connectivity index (χ2v) is 9.91. The third-order valence-electron chi connectivity index (χ3n) is 5.54. The van der Waals surface area contributed by atoms with Crippen molar-refractivity contribution in [3.8, 4) is 4.90 Å². The number of fused-ring (bicyclic) bond motifs is 3. The molecule has 0 aliphatic carbocycles. The summed E-state index contributed by atoms with van der Waals surface area (Å²) in [6.45, 7) is 8.42. The highest BCUT2D eigenvalue weighted by atomic mass is 32.2. The van der Waals surface area contributed by atoms with Crippen molar-refractivity contribution in [2.45, 2.75) is 40.7 Å². The van der Waals surface area contributed by atoms with Crippen LogP contribution in [0.5, 0.6) is 0 Å². The van der Waals surface area contributed by atoms with E-state index < -0.39 is 12.1 Å². The predicted octanol–water partition coefficient (Wildman–Crippen LogP) is 7.73. The molecule has 1 heterocycles. The van der Waals surface area contributed by atoms with Crippen molar-refractivity contribution >= 4 is 37.3 Å². The first-order chi connectivity index (χ1) is 14.1. The van der Waals surface area contributed by atoms with Gasteiger partial charge in [-0.05, 0) is 54.8 Å². The Labute approximate surface area is 177 Å². The maximum Gasteiger partial charge on any atom is 0.397 e. The number of alkyl halides is 2. The highest BCUT2D eigenvalue weighted by molar-refractivity contribution is 7.45. The Balaban J connectivity index is 1.92. The number of aryl methyl sites for hydroxylation is 3. The highest BCUT2D eigenvalue weighted by Crippen LogP contribution is 2.48. The highest BCUT2D eigenvalue weighted by Gasteiger charge is 2.31. The van der Waals surface area contributed by atoms with E-state index in [0.717, 1.165) is 4.90 Å². The molecule has 0 saturated carbocycles.